The molecule has 5 nitrogen and oxygen atoms in total. The quantitative estimate of drug-likeness (QED) is 0.865. The van der Waals surface area contributed by atoms with Crippen LogP contribution in [0.1, 0.15) is 13.8 Å². The van der Waals surface area contributed by atoms with Crippen LogP contribution in [0.3, 0.4) is 0 Å². The molecule has 1 aromatic carbocycles. The van der Waals surface area contributed by atoms with E-state index in [-0.39, 0.29) is 30.0 Å². The van der Waals surface area contributed by atoms with Crippen LogP contribution < -0.4 is 10.6 Å². The number of benzene rings is 1. The summed E-state index contributed by atoms with van der Waals surface area (Å²) < 4.78 is 23.9. The number of nitrogens with one attached hydrogen (secondary N) is 2. The Balaban J connectivity index is 1.68. The van der Waals surface area contributed by atoms with Gasteiger partial charge in [-0.25, -0.2) is 4.39 Å². The standard InChI is InChI=1S/C15H21FN2O3/c1-15(2)10-17-7-13(21-15)8-20-9-14(19)18-12-5-3-11(16)4-6-12/h3-6,13,17H,7-10H2,1-2H3,(H,18,19). The lowest BCUT2D eigenvalue weighted by atomic mass is 10.1. The van der Waals surface area contributed by atoms with Gasteiger partial charge in [0.05, 0.1) is 18.3 Å². The Labute approximate surface area is 123 Å². The summed E-state index contributed by atoms with van der Waals surface area (Å²) in [7, 11) is 0. The van der Waals surface area contributed by atoms with Gasteiger partial charge in [-0.05, 0) is 38.1 Å². The summed E-state index contributed by atoms with van der Waals surface area (Å²) in [5.41, 5.74) is 0.324. The highest BCUT2D eigenvalue weighted by Gasteiger charge is 2.28. The number of amides is 1. The molecule has 116 valence electrons. The van der Waals surface area contributed by atoms with Crippen LogP contribution in [0.4, 0.5) is 10.1 Å². The first-order valence-electron chi connectivity index (χ1n) is 6.96. The Hall–Kier alpha value is -1.50. The van der Waals surface area contributed by atoms with Crippen LogP contribution in [0, 0.1) is 5.82 Å². The highest BCUT2D eigenvalue weighted by molar-refractivity contribution is 5.91. The third-order valence-electron chi connectivity index (χ3n) is 3.07. The van der Waals surface area contributed by atoms with Gasteiger partial charge in [0.25, 0.3) is 0 Å². The van der Waals surface area contributed by atoms with Crippen LogP contribution >= 0.6 is 0 Å². The van der Waals surface area contributed by atoms with E-state index in [1.165, 1.54) is 24.3 Å². The lowest BCUT2D eigenvalue weighted by Crippen LogP contribution is -2.52. The zero-order valence-electron chi connectivity index (χ0n) is 12.3. The lowest BCUT2D eigenvalue weighted by Gasteiger charge is -2.36. The molecule has 1 amide bonds. The Bertz CT molecular complexity index is 476. The molecule has 0 spiro atoms. The summed E-state index contributed by atoms with van der Waals surface area (Å²) in [6.45, 7) is 5.82. The molecule has 1 saturated heterocycles. The van der Waals surface area contributed by atoms with E-state index in [2.05, 4.69) is 10.6 Å². The second-order valence-corrected chi connectivity index (χ2v) is 5.70. The highest BCUT2D eigenvalue weighted by Crippen LogP contribution is 2.15. The number of anilines is 1. The second kappa shape index (κ2) is 6.98. The predicted octanol–water partition coefficient (Wildman–Crippen LogP) is 1.55. The van der Waals surface area contributed by atoms with Gasteiger partial charge < -0.3 is 20.1 Å². The van der Waals surface area contributed by atoms with Gasteiger partial charge in [0.15, 0.2) is 0 Å². The Kier molecular flexibility index (Phi) is 5.27. The molecule has 1 unspecified atom stereocenters. The van der Waals surface area contributed by atoms with Crippen molar-refractivity contribution in [3.05, 3.63) is 30.1 Å². The molecule has 6 heteroatoms. The Morgan fingerprint density at radius 1 is 1.48 bits per heavy atom. The number of rotatable bonds is 5. The SMILES string of the molecule is CC1(C)CNCC(COCC(=O)Nc2ccc(F)cc2)O1. The van der Waals surface area contributed by atoms with E-state index in [1.807, 2.05) is 13.8 Å². The molecule has 1 heterocycles. The number of halogens is 1. The monoisotopic (exact) mass is 296 g/mol. The molecule has 0 radical (unpaired) electrons. The first-order chi connectivity index (χ1) is 9.94. The predicted molar refractivity (Wildman–Crippen MR) is 77.7 cm³/mol. The van der Waals surface area contributed by atoms with Crippen molar-refractivity contribution < 1.29 is 18.7 Å². The zero-order valence-corrected chi connectivity index (χ0v) is 12.3. The molecule has 1 fully saturated rings. The first-order valence-corrected chi connectivity index (χ1v) is 6.96. The summed E-state index contributed by atoms with van der Waals surface area (Å²) in [5.74, 6) is -0.613. The zero-order chi connectivity index (χ0) is 15.3. The van der Waals surface area contributed by atoms with E-state index in [0.29, 0.717) is 18.8 Å². The van der Waals surface area contributed by atoms with Gasteiger partial charge in [-0.1, -0.05) is 0 Å². The molecule has 0 aromatic heterocycles. The molecule has 1 aliphatic rings. The van der Waals surface area contributed by atoms with Crippen molar-refractivity contribution >= 4 is 11.6 Å². The van der Waals surface area contributed by atoms with E-state index in [4.69, 9.17) is 9.47 Å². The Morgan fingerprint density at radius 2 is 2.19 bits per heavy atom. The van der Waals surface area contributed by atoms with E-state index in [1.54, 1.807) is 0 Å². The van der Waals surface area contributed by atoms with E-state index < -0.39 is 0 Å². The number of morpholine rings is 1. The number of hydrogen-bond donors (Lipinski definition) is 2. The largest absolute Gasteiger partial charge is 0.369 e. The average molecular weight is 296 g/mol. The maximum atomic E-state index is 12.7. The second-order valence-electron chi connectivity index (χ2n) is 5.70. The Morgan fingerprint density at radius 3 is 2.86 bits per heavy atom. The van der Waals surface area contributed by atoms with Gasteiger partial charge in [0.1, 0.15) is 12.4 Å². The summed E-state index contributed by atoms with van der Waals surface area (Å²) in [6, 6.07) is 5.59. The molecular formula is C15H21FN2O3. The summed E-state index contributed by atoms with van der Waals surface area (Å²) in [6.07, 6.45) is -0.0626. The van der Waals surface area contributed by atoms with Crippen molar-refractivity contribution in [2.45, 2.75) is 25.6 Å². The molecule has 1 atom stereocenters. The fourth-order valence-electron chi connectivity index (χ4n) is 2.18. The van der Waals surface area contributed by atoms with Crippen molar-refractivity contribution in [1.82, 2.24) is 5.32 Å². The topological polar surface area (TPSA) is 59.6 Å². The van der Waals surface area contributed by atoms with Crippen LogP contribution in [-0.2, 0) is 14.3 Å². The van der Waals surface area contributed by atoms with Crippen LogP contribution in [-0.4, -0.2) is 43.9 Å². The van der Waals surface area contributed by atoms with Gasteiger partial charge in [-0.2, -0.15) is 0 Å². The fourth-order valence-corrected chi connectivity index (χ4v) is 2.18. The summed E-state index contributed by atoms with van der Waals surface area (Å²) in [4.78, 5) is 11.7. The van der Waals surface area contributed by atoms with Crippen LogP contribution in [0.15, 0.2) is 24.3 Å². The average Bonchev–Trinajstić information content (AvgIpc) is 2.40. The van der Waals surface area contributed by atoms with Crippen molar-refractivity contribution in [2.24, 2.45) is 0 Å². The summed E-state index contributed by atoms with van der Waals surface area (Å²) in [5, 5.41) is 5.90. The van der Waals surface area contributed by atoms with Gasteiger partial charge >= 0.3 is 0 Å². The van der Waals surface area contributed by atoms with Crippen LogP contribution in [0.5, 0.6) is 0 Å². The lowest BCUT2D eigenvalue weighted by molar-refractivity contribution is -0.132. The minimum absolute atomic E-state index is 0.0579. The minimum atomic E-state index is -0.339. The molecule has 0 aliphatic carbocycles. The normalized spacial score (nSPS) is 21.0. The molecule has 1 aliphatic heterocycles. The molecular weight excluding hydrogens is 275 g/mol. The highest BCUT2D eigenvalue weighted by atomic mass is 19.1. The van der Waals surface area contributed by atoms with E-state index >= 15 is 0 Å². The third-order valence-corrected chi connectivity index (χ3v) is 3.07. The van der Waals surface area contributed by atoms with Crippen molar-refractivity contribution in [1.29, 1.82) is 0 Å². The van der Waals surface area contributed by atoms with Crippen molar-refractivity contribution in [3.63, 3.8) is 0 Å². The molecule has 21 heavy (non-hydrogen) atoms. The number of ether oxygens (including phenoxy) is 2. The van der Waals surface area contributed by atoms with Crippen LogP contribution in [0.25, 0.3) is 0 Å². The maximum Gasteiger partial charge on any atom is 0.250 e. The number of carbonyl (C=O) groups is 1. The van der Waals surface area contributed by atoms with Gasteiger partial charge in [-0.15, -0.1) is 0 Å². The fraction of sp³-hybridized carbons (Fsp3) is 0.533. The third kappa shape index (κ3) is 5.41. The van der Waals surface area contributed by atoms with Crippen molar-refractivity contribution in [2.75, 3.05) is 31.6 Å². The molecule has 0 bridgehead atoms. The molecule has 1 aromatic rings. The van der Waals surface area contributed by atoms with Crippen molar-refractivity contribution in [3.8, 4) is 0 Å². The van der Waals surface area contributed by atoms with E-state index in [9.17, 15) is 9.18 Å². The smallest absolute Gasteiger partial charge is 0.250 e. The van der Waals surface area contributed by atoms with Crippen LogP contribution in [0.2, 0.25) is 0 Å². The van der Waals surface area contributed by atoms with E-state index in [0.717, 1.165) is 6.54 Å². The first kappa shape index (κ1) is 15.9. The molecule has 0 saturated carbocycles. The number of carbonyl (C=O) groups excluding carboxylic acids is 1. The van der Waals surface area contributed by atoms with Gasteiger partial charge in [0, 0.05) is 18.8 Å². The molecule has 2 rings (SSSR count). The minimum Gasteiger partial charge on any atom is -0.369 e. The van der Waals surface area contributed by atoms with Gasteiger partial charge in [-0.3, -0.25) is 4.79 Å². The summed E-state index contributed by atoms with van der Waals surface area (Å²) >= 11 is 0. The van der Waals surface area contributed by atoms with Gasteiger partial charge in [0.2, 0.25) is 5.91 Å². The number of hydrogen-bond acceptors (Lipinski definition) is 4. The molecule has 2 N–H and O–H groups in total. The maximum absolute atomic E-state index is 12.7.